The van der Waals surface area contributed by atoms with Crippen LogP contribution in [0.4, 0.5) is 24.7 Å². The third-order valence-electron chi connectivity index (χ3n) is 3.00. The second-order valence-corrected chi connectivity index (χ2v) is 5.32. The number of pyridine rings is 1. The molecule has 4 nitrogen and oxygen atoms in total. The molecule has 0 aliphatic heterocycles. The number of benzene rings is 1. The first-order valence-corrected chi connectivity index (χ1v) is 6.88. The number of nitrogens with one attached hydrogen (secondary N) is 1. The van der Waals surface area contributed by atoms with Crippen molar-refractivity contribution in [2.24, 2.45) is 0 Å². The zero-order valence-electron chi connectivity index (χ0n) is 12.3. The molecule has 1 amide bonds. The quantitative estimate of drug-likeness (QED) is 0.913. The molecular formula is C15H13ClF3N3O. The maximum atomic E-state index is 12.8. The van der Waals surface area contributed by atoms with Crippen LogP contribution in [-0.2, 0) is 6.18 Å². The van der Waals surface area contributed by atoms with E-state index in [4.69, 9.17) is 11.6 Å². The summed E-state index contributed by atoms with van der Waals surface area (Å²) < 4.78 is 38.3. The fourth-order valence-corrected chi connectivity index (χ4v) is 2.08. The summed E-state index contributed by atoms with van der Waals surface area (Å²) in [6.07, 6.45) is -3.00. The Morgan fingerprint density at radius 1 is 1.26 bits per heavy atom. The van der Waals surface area contributed by atoms with Gasteiger partial charge in [0, 0.05) is 20.3 Å². The smallest absolute Gasteiger partial charge is 0.362 e. The van der Waals surface area contributed by atoms with Gasteiger partial charge in [-0.25, -0.2) is 4.98 Å². The van der Waals surface area contributed by atoms with Crippen molar-refractivity contribution in [2.75, 3.05) is 24.3 Å². The third-order valence-corrected chi connectivity index (χ3v) is 3.33. The largest absolute Gasteiger partial charge is 0.416 e. The minimum atomic E-state index is -4.52. The maximum absolute atomic E-state index is 12.8. The van der Waals surface area contributed by atoms with E-state index in [9.17, 15) is 18.0 Å². The van der Waals surface area contributed by atoms with Gasteiger partial charge in [-0.2, -0.15) is 13.2 Å². The SMILES string of the molecule is CN(C)c1ncccc1C(=O)Nc1cc(C(F)(F)F)ccc1Cl. The third kappa shape index (κ3) is 3.92. The van der Waals surface area contributed by atoms with E-state index >= 15 is 0 Å². The number of nitrogens with zero attached hydrogens (tertiary/aromatic N) is 2. The van der Waals surface area contributed by atoms with Crippen LogP contribution in [-0.4, -0.2) is 25.0 Å². The lowest BCUT2D eigenvalue weighted by Gasteiger charge is -2.16. The van der Waals surface area contributed by atoms with Gasteiger partial charge in [0.1, 0.15) is 5.82 Å². The van der Waals surface area contributed by atoms with E-state index in [-0.39, 0.29) is 16.3 Å². The first kappa shape index (κ1) is 17.1. The fraction of sp³-hybridized carbons (Fsp3) is 0.200. The highest BCUT2D eigenvalue weighted by atomic mass is 35.5. The van der Waals surface area contributed by atoms with Crippen molar-refractivity contribution < 1.29 is 18.0 Å². The van der Waals surface area contributed by atoms with Gasteiger partial charge < -0.3 is 10.2 Å². The molecule has 23 heavy (non-hydrogen) atoms. The molecule has 8 heteroatoms. The van der Waals surface area contributed by atoms with Crippen molar-refractivity contribution in [2.45, 2.75) is 6.18 Å². The Balaban J connectivity index is 2.35. The molecule has 0 aliphatic carbocycles. The standard InChI is InChI=1S/C15H13ClF3N3O/c1-22(2)13-10(4-3-7-20-13)14(23)21-12-8-9(15(17,18)19)5-6-11(12)16/h3-8H,1-2H3,(H,21,23). The number of aromatic nitrogens is 1. The monoisotopic (exact) mass is 343 g/mol. The van der Waals surface area contributed by atoms with Gasteiger partial charge in [-0.05, 0) is 30.3 Å². The van der Waals surface area contributed by atoms with Crippen molar-refractivity contribution in [3.05, 3.63) is 52.7 Å². The van der Waals surface area contributed by atoms with Gasteiger partial charge in [0.15, 0.2) is 0 Å². The molecule has 1 aromatic heterocycles. The van der Waals surface area contributed by atoms with E-state index in [1.165, 1.54) is 12.3 Å². The highest BCUT2D eigenvalue weighted by Gasteiger charge is 2.31. The number of rotatable bonds is 3. The zero-order chi connectivity index (χ0) is 17.2. The molecule has 2 aromatic rings. The van der Waals surface area contributed by atoms with Crippen LogP contribution < -0.4 is 10.2 Å². The molecule has 0 atom stereocenters. The molecule has 1 N–H and O–H groups in total. The van der Waals surface area contributed by atoms with Crippen molar-refractivity contribution >= 4 is 29.0 Å². The molecular weight excluding hydrogens is 331 g/mol. The highest BCUT2D eigenvalue weighted by molar-refractivity contribution is 6.34. The van der Waals surface area contributed by atoms with Gasteiger partial charge in [-0.3, -0.25) is 4.79 Å². The lowest BCUT2D eigenvalue weighted by molar-refractivity contribution is -0.137. The number of hydrogen-bond acceptors (Lipinski definition) is 3. The molecule has 0 unspecified atom stereocenters. The van der Waals surface area contributed by atoms with E-state index in [0.29, 0.717) is 5.82 Å². The normalized spacial score (nSPS) is 11.2. The minimum absolute atomic E-state index is 0.0154. The number of hydrogen-bond donors (Lipinski definition) is 1. The van der Waals surface area contributed by atoms with E-state index in [1.807, 2.05) is 0 Å². The Hall–Kier alpha value is -2.28. The van der Waals surface area contributed by atoms with Crippen molar-refractivity contribution in [1.29, 1.82) is 0 Å². The van der Waals surface area contributed by atoms with Crippen LogP contribution >= 0.6 is 11.6 Å². The fourth-order valence-electron chi connectivity index (χ4n) is 1.92. The number of alkyl halides is 3. The Morgan fingerprint density at radius 2 is 1.96 bits per heavy atom. The zero-order valence-corrected chi connectivity index (χ0v) is 13.0. The molecule has 0 fully saturated rings. The predicted octanol–water partition coefficient (Wildman–Crippen LogP) is 4.07. The summed E-state index contributed by atoms with van der Waals surface area (Å²) in [6, 6.07) is 5.84. The van der Waals surface area contributed by atoms with Crippen LogP contribution in [0.2, 0.25) is 5.02 Å². The van der Waals surface area contributed by atoms with E-state index in [1.54, 1.807) is 25.1 Å². The second-order valence-electron chi connectivity index (χ2n) is 4.92. The molecule has 0 saturated carbocycles. The van der Waals surface area contributed by atoms with Gasteiger partial charge in [0.05, 0.1) is 21.8 Å². The van der Waals surface area contributed by atoms with E-state index in [2.05, 4.69) is 10.3 Å². The highest BCUT2D eigenvalue weighted by Crippen LogP contribution is 2.34. The summed E-state index contributed by atoms with van der Waals surface area (Å²) in [4.78, 5) is 18.0. The van der Waals surface area contributed by atoms with Gasteiger partial charge >= 0.3 is 6.18 Å². The molecule has 0 spiro atoms. The second kappa shape index (κ2) is 6.45. The molecule has 0 radical (unpaired) electrons. The van der Waals surface area contributed by atoms with Crippen LogP contribution in [0.5, 0.6) is 0 Å². The van der Waals surface area contributed by atoms with Crippen LogP contribution in [0.25, 0.3) is 0 Å². The first-order valence-electron chi connectivity index (χ1n) is 6.50. The molecule has 2 rings (SSSR count). The van der Waals surface area contributed by atoms with Gasteiger partial charge in [0.25, 0.3) is 5.91 Å². The van der Waals surface area contributed by atoms with Crippen LogP contribution in [0.1, 0.15) is 15.9 Å². The number of anilines is 2. The predicted molar refractivity (Wildman–Crippen MR) is 83.0 cm³/mol. The molecule has 1 heterocycles. The Bertz CT molecular complexity index is 732. The average Bonchev–Trinajstić information content (AvgIpc) is 2.48. The number of carbonyl (C=O) groups excluding carboxylic acids is 1. The number of amides is 1. The molecule has 1 aromatic carbocycles. The van der Waals surface area contributed by atoms with Gasteiger partial charge in [-0.1, -0.05) is 11.6 Å². The summed E-state index contributed by atoms with van der Waals surface area (Å²) in [5, 5.41) is 2.41. The number of carbonyl (C=O) groups is 1. The molecule has 0 saturated heterocycles. The Morgan fingerprint density at radius 3 is 2.57 bits per heavy atom. The van der Waals surface area contributed by atoms with Crippen molar-refractivity contribution in [3.63, 3.8) is 0 Å². The summed E-state index contributed by atoms with van der Waals surface area (Å²) >= 11 is 5.87. The summed E-state index contributed by atoms with van der Waals surface area (Å²) in [7, 11) is 3.41. The van der Waals surface area contributed by atoms with Crippen LogP contribution in [0.15, 0.2) is 36.5 Å². The Kier molecular flexibility index (Phi) is 4.79. The summed E-state index contributed by atoms with van der Waals surface area (Å²) in [6.45, 7) is 0. The van der Waals surface area contributed by atoms with Crippen LogP contribution in [0.3, 0.4) is 0 Å². The Labute approximate surface area is 135 Å². The lowest BCUT2D eigenvalue weighted by Crippen LogP contribution is -2.20. The summed E-state index contributed by atoms with van der Waals surface area (Å²) in [5.41, 5.74) is -0.776. The van der Waals surface area contributed by atoms with E-state index < -0.39 is 17.6 Å². The first-order chi connectivity index (χ1) is 10.7. The lowest BCUT2D eigenvalue weighted by atomic mass is 10.1. The van der Waals surface area contributed by atoms with Gasteiger partial charge in [0.2, 0.25) is 0 Å². The molecule has 0 bridgehead atoms. The number of halogens is 4. The maximum Gasteiger partial charge on any atom is 0.416 e. The minimum Gasteiger partial charge on any atom is -0.362 e. The topological polar surface area (TPSA) is 45.2 Å². The van der Waals surface area contributed by atoms with E-state index in [0.717, 1.165) is 18.2 Å². The molecule has 0 aliphatic rings. The summed E-state index contributed by atoms with van der Waals surface area (Å²) in [5.74, 6) is -0.198. The van der Waals surface area contributed by atoms with Crippen molar-refractivity contribution in [1.82, 2.24) is 4.98 Å². The van der Waals surface area contributed by atoms with Gasteiger partial charge in [-0.15, -0.1) is 0 Å². The molecule has 122 valence electrons. The average molecular weight is 344 g/mol. The van der Waals surface area contributed by atoms with Crippen molar-refractivity contribution in [3.8, 4) is 0 Å². The van der Waals surface area contributed by atoms with Crippen LogP contribution in [0, 0.1) is 0 Å².